The Bertz CT molecular complexity index is 884. The predicted molar refractivity (Wildman–Crippen MR) is 98.9 cm³/mol. The van der Waals surface area contributed by atoms with E-state index in [1.165, 1.54) is 31.4 Å². The van der Waals surface area contributed by atoms with Gasteiger partial charge in [0.2, 0.25) is 5.91 Å². The van der Waals surface area contributed by atoms with Gasteiger partial charge in [-0.3, -0.25) is 4.79 Å². The molecular formula is C19H23N3O4S. The maximum atomic E-state index is 12.9. The molecule has 1 amide bonds. The molecule has 0 radical (unpaired) electrons. The summed E-state index contributed by atoms with van der Waals surface area (Å²) < 4.78 is 29.5. The van der Waals surface area contributed by atoms with Crippen LogP contribution in [-0.4, -0.2) is 29.7 Å². The van der Waals surface area contributed by atoms with Crippen LogP contribution < -0.4 is 5.32 Å². The second-order valence-electron chi connectivity index (χ2n) is 7.49. The van der Waals surface area contributed by atoms with Crippen LogP contribution in [0.25, 0.3) is 0 Å². The second-order valence-corrected chi connectivity index (χ2v) is 9.66. The minimum absolute atomic E-state index is 0.102. The summed E-state index contributed by atoms with van der Waals surface area (Å²) in [5.41, 5.74) is 0.734. The van der Waals surface area contributed by atoms with Gasteiger partial charge in [0.05, 0.1) is 11.2 Å². The van der Waals surface area contributed by atoms with Crippen LogP contribution in [0.4, 0.5) is 5.82 Å². The van der Waals surface area contributed by atoms with Crippen molar-refractivity contribution in [3.8, 4) is 0 Å². The Kier molecular flexibility index (Phi) is 4.99. The number of nitrogens with one attached hydrogen (secondary N) is 1. The summed E-state index contributed by atoms with van der Waals surface area (Å²) in [6.07, 6.45) is 9.70. The van der Waals surface area contributed by atoms with Crippen LogP contribution in [0, 0.1) is 5.92 Å². The van der Waals surface area contributed by atoms with Crippen LogP contribution >= 0.6 is 0 Å². The quantitative estimate of drug-likeness (QED) is 0.779. The zero-order valence-corrected chi connectivity index (χ0v) is 15.8. The second kappa shape index (κ2) is 7.42. The number of pyridine rings is 1. The van der Waals surface area contributed by atoms with E-state index in [0.29, 0.717) is 24.6 Å². The maximum Gasteiger partial charge on any atom is 0.233 e. The Morgan fingerprint density at radius 2 is 1.96 bits per heavy atom. The lowest BCUT2D eigenvalue weighted by atomic mass is 9.88. The van der Waals surface area contributed by atoms with E-state index in [-0.39, 0.29) is 16.2 Å². The van der Waals surface area contributed by atoms with Crippen LogP contribution in [0.5, 0.6) is 0 Å². The highest BCUT2D eigenvalue weighted by molar-refractivity contribution is 7.92. The van der Waals surface area contributed by atoms with Crippen molar-refractivity contribution >= 4 is 21.6 Å². The Hall–Kier alpha value is -2.22. The molecule has 0 aliphatic heterocycles. The van der Waals surface area contributed by atoms with Crippen molar-refractivity contribution in [3.05, 3.63) is 36.2 Å². The Morgan fingerprint density at radius 1 is 1.19 bits per heavy atom. The monoisotopic (exact) mass is 389 g/mol. The molecule has 4 rings (SSSR count). The smallest absolute Gasteiger partial charge is 0.233 e. The van der Waals surface area contributed by atoms with Crippen molar-refractivity contribution < 1.29 is 17.7 Å². The molecule has 7 nitrogen and oxygen atoms in total. The third kappa shape index (κ3) is 4.05. The zero-order chi connectivity index (χ0) is 18.9. The zero-order valence-electron chi connectivity index (χ0n) is 15.0. The summed E-state index contributed by atoms with van der Waals surface area (Å²) in [5, 5.41) is 6.32. The van der Waals surface area contributed by atoms with Gasteiger partial charge in [0.15, 0.2) is 20.7 Å². The van der Waals surface area contributed by atoms with Gasteiger partial charge in [-0.2, -0.15) is 0 Å². The van der Waals surface area contributed by atoms with Gasteiger partial charge in [0, 0.05) is 12.3 Å². The summed E-state index contributed by atoms with van der Waals surface area (Å²) in [7, 11) is -3.33. The van der Waals surface area contributed by atoms with E-state index in [1.807, 2.05) is 0 Å². The van der Waals surface area contributed by atoms with E-state index >= 15 is 0 Å². The van der Waals surface area contributed by atoms with Gasteiger partial charge in [0.25, 0.3) is 0 Å². The molecule has 2 aromatic rings. The number of aromatic nitrogens is 2. The van der Waals surface area contributed by atoms with Crippen molar-refractivity contribution in [2.24, 2.45) is 5.92 Å². The van der Waals surface area contributed by atoms with E-state index in [9.17, 15) is 13.2 Å². The van der Waals surface area contributed by atoms with E-state index in [1.54, 1.807) is 12.1 Å². The third-order valence-corrected chi connectivity index (χ3v) is 7.64. The highest BCUT2D eigenvalue weighted by Gasteiger charge is 2.38. The molecule has 0 saturated heterocycles. The van der Waals surface area contributed by atoms with Gasteiger partial charge in [-0.25, -0.2) is 13.4 Å². The molecular weight excluding hydrogens is 366 g/mol. The Morgan fingerprint density at radius 3 is 2.56 bits per heavy atom. The fourth-order valence-corrected chi connectivity index (χ4v) is 5.34. The standard InChI is InChI=1S/C19H23N3O4S/c23-19(21-17-9-10-26-22-17)16(11-13-3-1-2-4-13)14-5-8-18(20-12-14)27(24,25)15-6-7-15/h5,8-10,12-13,15-16H,1-4,6-7,11H2,(H,21,22,23). The molecule has 0 spiro atoms. The van der Waals surface area contributed by atoms with Gasteiger partial charge < -0.3 is 9.84 Å². The molecule has 1 N–H and O–H groups in total. The number of hydrogen-bond acceptors (Lipinski definition) is 6. The summed E-state index contributed by atoms with van der Waals surface area (Å²) in [5.74, 6) is 0.302. The predicted octanol–water partition coefficient (Wildman–Crippen LogP) is 3.31. The van der Waals surface area contributed by atoms with Crippen molar-refractivity contribution in [2.45, 2.75) is 61.1 Å². The first-order valence-corrected chi connectivity index (χ1v) is 11.0. The van der Waals surface area contributed by atoms with Crippen molar-refractivity contribution in [2.75, 3.05) is 5.32 Å². The van der Waals surface area contributed by atoms with E-state index in [4.69, 9.17) is 4.52 Å². The van der Waals surface area contributed by atoms with Crippen LogP contribution in [0.3, 0.4) is 0 Å². The van der Waals surface area contributed by atoms with Gasteiger partial charge in [-0.1, -0.05) is 36.9 Å². The number of carbonyl (C=O) groups is 1. The highest BCUT2D eigenvalue weighted by Crippen LogP contribution is 2.36. The number of hydrogen-bond donors (Lipinski definition) is 1. The fraction of sp³-hybridized carbons (Fsp3) is 0.526. The molecule has 0 aromatic carbocycles. The maximum absolute atomic E-state index is 12.9. The van der Waals surface area contributed by atoms with Crippen LogP contribution in [0.2, 0.25) is 0 Å². The van der Waals surface area contributed by atoms with Crippen LogP contribution in [0.1, 0.15) is 56.4 Å². The number of carbonyl (C=O) groups excluding carboxylic acids is 1. The third-order valence-electron chi connectivity index (χ3n) is 5.47. The molecule has 8 heteroatoms. The van der Waals surface area contributed by atoms with E-state index < -0.39 is 15.8 Å². The molecule has 1 atom stereocenters. The van der Waals surface area contributed by atoms with Gasteiger partial charge in [-0.05, 0) is 36.8 Å². The molecule has 2 aliphatic rings. The van der Waals surface area contributed by atoms with Crippen LogP contribution in [0.15, 0.2) is 40.2 Å². The average molecular weight is 389 g/mol. The largest absolute Gasteiger partial charge is 0.363 e. The summed E-state index contributed by atoms with van der Waals surface area (Å²) in [4.78, 5) is 17.0. The van der Waals surface area contributed by atoms with E-state index in [2.05, 4.69) is 15.5 Å². The Balaban J connectivity index is 1.56. The summed E-state index contributed by atoms with van der Waals surface area (Å²) >= 11 is 0. The lowest BCUT2D eigenvalue weighted by Gasteiger charge is -2.20. The lowest BCUT2D eigenvalue weighted by Crippen LogP contribution is -2.23. The van der Waals surface area contributed by atoms with Crippen LogP contribution in [-0.2, 0) is 14.6 Å². The topological polar surface area (TPSA) is 102 Å². The van der Waals surface area contributed by atoms with Crippen molar-refractivity contribution in [3.63, 3.8) is 0 Å². The fourth-order valence-electron chi connectivity index (χ4n) is 3.78. The summed E-state index contributed by atoms with van der Waals surface area (Å²) in [6.45, 7) is 0. The van der Waals surface area contributed by atoms with Gasteiger partial charge in [0.1, 0.15) is 6.26 Å². The molecule has 27 heavy (non-hydrogen) atoms. The number of rotatable bonds is 7. The first-order chi connectivity index (χ1) is 13.0. The molecule has 2 heterocycles. The minimum atomic E-state index is -3.33. The number of amides is 1. The molecule has 1 unspecified atom stereocenters. The van der Waals surface area contributed by atoms with Gasteiger partial charge >= 0.3 is 0 Å². The van der Waals surface area contributed by atoms with Crippen molar-refractivity contribution in [1.29, 1.82) is 0 Å². The highest BCUT2D eigenvalue weighted by atomic mass is 32.2. The number of anilines is 1. The molecule has 2 aromatic heterocycles. The summed E-state index contributed by atoms with van der Waals surface area (Å²) in [6, 6.07) is 4.85. The molecule has 144 valence electrons. The first-order valence-electron chi connectivity index (χ1n) is 9.45. The van der Waals surface area contributed by atoms with Crippen molar-refractivity contribution in [1.82, 2.24) is 10.1 Å². The first kappa shape index (κ1) is 18.2. The Labute approximate surface area is 158 Å². The van der Waals surface area contributed by atoms with E-state index in [0.717, 1.165) is 24.8 Å². The number of nitrogens with zero attached hydrogens (tertiary/aromatic N) is 2. The normalized spacial score (nSPS) is 19.1. The lowest BCUT2D eigenvalue weighted by molar-refractivity contribution is -0.118. The molecule has 2 saturated carbocycles. The number of sulfone groups is 1. The molecule has 2 fully saturated rings. The average Bonchev–Trinajstić information content (AvgIpc) is 3.18. The minimum Gasteiger partial charge on any atom is -0.363 e. The SMILES string of the molecule is O=C(Nc1ccon1)C(CC1CCCC1)c1ccc(S(=O)(=O)C2CC2)nc1. The molecule has 0 bridgehead atoms. The molecule has 2 aliphatic carbocycles. The van der Waals surface area contributed by atoms with Gasteiger partial charge in [-0.15, -0.1) is 0 Å².